The van der Waals surface area contributed by atoms with Gasteiger partial charge in [-0.05, 0) is 41.7 Å². The quantitative estimate of drug-likeness (QED) is 0.791. The number of benzene rings is 1. The fourth-order valence-electron chi connectivity index (χ4n) is 4.63. The van der Waals surface area contributed by atoms with Gasteiger partial charge in [0.1, 0.15) is 5.75 Å². The van der Waals surface area contributed by atoms with Crippen molar-refractivity contribution in [1.82, 2.24) is 20.0 Å². The van der Waals surface area contributed by atoms with Crippen molar-refractivity contribution in [1.29, 1.82) is 0 Å². The third-order valence-electron chi connectivity index (χ3n) is 6.21. The lowest BCUT2D eigenvalue weighted by Gasteiger charge is -2.37. The first-order chi connectivity index (χ1) is 14.4. The topological polar surface area (TPSA) is 59.4 Å². The number of carbonyl (C=O) groups excluding carboxylic acids is 1. The highest BCUT2D eigenvalue weighted by Crippen LogP contribution is 2.32. The number of rotatable bonds is 5. The highest BCUT2D eigenvalue weighted by molar-refractivity contribution is 5.81. The molecule has 1 fully saturated rings. The largest absolute Gasteiger partial charge is 0.497 e. The van der Waals surface area contributed by atoms with Gasteiger partial charge in [0.25, 0.3) is 0 Å². The molecule has 1 aliphatic heterocycles. The summed E-state index contributed by atoms with van der Waals surface area (Å²) in [6, 6.07) is 8.58. The van der Waals surface area contributed by atoms with E-state index in [-0.39, 0.29) is 22.8 Å². The maximum absolute atomic E-state index is 12.8. The Morgan fingerprint density at radius 3 is 2.55 bits per heavy atom. The van der Waals surface area contributed by atoms with Crippen molar-refractivity contribution >= 4 is 5.91 Å². The zero-order valence-electron chi connectivity index (χ0n) is 20.4. The number of aromatic nitrogens is 2. The molecule has 6 nitrogen and oxygen atoms in total. The molecule has 1 aliphatic rings. The molecule has 1 atom stereocenters. The molecule has 6 heteroatoms. The number of nitrogens with one attached hydrogen (secondary N) is 1. The zero-order valence-corrected chi connectivity index (χ0v) is 20.4. The lowest BCUT2D eigenvalue weighted by Crippen LogP contribution is -2.51. The number of piperazine rings is 1. The summed E-state index contributed by atoms with van der Waals surface area (Å²) in [7, 11) is 3.70. The van der Waals surface area contributed by atoms with Crippen molar-refractivity contribution in [2.45, 2.75) is 59.4 Å². The van der Waals surface area contributed by atoms with E-state index < -0.39 is 0 Å². The number of aryl methyl sites for hydroxylation is 2. The van der Waals surface area contributed by atoms with Gasteiger partial charge < -0.3 is 15.0 Å². The summed E-state index contributed by atoms with van der Waals surface area (Å²) >= 11 is 0. The lowest BCUT2D eigenvalue weighted by molar-refractivity contribution is -0.140. The van der Waals surface area contributed by atoms with Crippen molar-refractivity contribution in [2.24, 2.45) is 12.5 Å². The average molecular weight is 427 g/mol. The molecule has 0 spiro atoms. The van der Waals surface area contributed by atoms with Gasteiger partial charge in [-0.15, -0.1) is 0 Å². The van der Waals surface area contributed by atoms with Gasteiger partial charge in [0.05, 0.1) is 24.5 Å². The van der Waals surface area contributed by atoms with Crippen LogP contribution in [0.3, 0.4) is 0 Å². The molecule has 31 heavy (non-hydrogen) atoms. The number of hydrogen-bond acceptors (Lipinski definition) is 4. The van der Waals surface area contributed by atoms with Gasteiger partial charge in [-0.2, -0.15) is 5.10 Å². The van der Waals surface area contributed by atoms with Gasteiger partial charge in [-0.1, -0.05) is 40.7 Å². The predicted molar refractivity (Wildman–Crippen MR) is 124 cm³/mol. The number of ether oxygens (including phenoxy) is 1. The van der Waals surface area contributed by atoms with E-state index in [9.17, 15) is 4.79 Å². The molecule has 2 aromatic rings. The molecule has 1 saturated heterocycles. The highest BCUT2D eigenvalue weighted by atomic mass is 16.5. The molecule has 2 heterocycles. The van der Waals surface area contributed by atoms with Gasteiger partial charge >= 0.3 is 0 Å². The molecule has 0 saturated carbocycles. The van der Waals surface area contributed by atoms with Crippen LogP contribution in [0.4, 0.5) is 0 Å². The third kappa shape index (κ3) is 5.12. The minimum atomic E-state index is -0.361. The summed E-state index contributed by atoms with van der Waals surface area (Å²) in [6.45, 7) is 14.8. The highest BCUT2D eigenvalue weighted by Gasteiger charge is 2.33. The lowest BCUT2D eigenvalue weighted by atomic mass is 9.78. The average Bonchev–Trinajstić information content (AvgIpc) is 3.05. The number of nitrogens with zero attached hydrogens (tertiary/aromatic N) is 3. The summed E-state index contributed by atoms with van der Waals surface area (Å²) in [5.41, 5.74) is 4.31. The Labute approximate surface area is 187 Å². The van der Waals surface area contributed by atoms with E-state index in [0.29, 0.717) is 6.54 Å². The van der Waals surface area contributed by atoms with Crippen molar-refractivity contribution in [3.05, 3.63) is 46.8 Å². The van der Waals surface area contributed by atoms with Crippen LogP contribution < -0.4 is 10.1 Å². The van der Waals surface area contributed by atoms with E-state index in [4.69, 9.17) is 9.84 Å². The van der Waals surface area contributed by atoms with Gasteiger partial charge in [-0.3, -0.25) is 9.48 Å². The Hall–Kier alpha value is -2.34. The van der Waals surface area contributed by atoms with Crippen LogP contribution in [-0.4, -0.2) is 47.3 Å². The molecular formula is C25H38N4O2. The number of methoxy groups -OCH3 is 1. The van der Waals surface area contributed by atoms with Gasteiger partial charge in [0.2, 0.25) is 5.91 Å². The molecule has 3 rings (SSSR count). The normalized spacial score (nSPS) is 17.7. The maximum Gasteiger partial charge on any atom is 0.228 e. The summed E-state index contributed by atoms with van der Waals surface area (Å²) in [5, 5.41) is 8.40. The standard InChI is InChI=1S/C25H38N4O2/c1-17-13-19(31-8)9-10-20(17)25(5,6)15-18-14-22(28(7)27-18)21-16-29(12-11-26-21)23(30)24(2,3)4/h9-10,13-14,21,26H,11-12,15-16H2,1-8H3. The van der Waals surface area contributed by atoms with E-state index in [1.807, 2.05) is 43.5 Å². The molecule has 1 amide bonds. The monoisotopic (exact) mass is 426 g/mol. The Morgan fingerprint density at radius 1 is 1.23 bits per heavy atom. The Bertz CT molecular complexity index is 939. The molecule has 1 aromatic heterocycles. The van der Waals surface area contributed by atoms with E-state index in [2.05, 4.69) is 44.3 Å². The third-order valence-corrected chi connectivity index (χ3v) is 6.21. The second-order valence-corrected chi connectivity index (χ2v) is 10.4. The molecule has 1 N–H and O–H groups in total. The number of amides is 1. The van der Waals surface area contributed by atoms with Gasteiger partial charge in [-0.25, -0.2) is 0 Å². The van der Waals surface area contributed by atoms with Crippen LogP contribution in [0.15, 0.2) is 24.3 Å². The number of carbonyl (C=O) groups is 1. The van der Waals surface area contributed by atoms with Crippen molar-refractivity contribution in [3.63, 3.8) is 0 Å². The Balaban J connectivity index is 1.78. The molecule has 1 aromatic carbocycles. The maximum atomic E-state index is 12.8. The Morgan fingerprint density at radius 2 is 1.94 bits per heavy atom. The van der Waals surface area contributed by atoms with Gasteiger partial charge in [0.15, 0.2) is 0 Å². The van der Waals surface area contributed by atoms with Crippen LogP contribution in [0, 0.1) is 12.3 Å². The fraction of sp³-hybridized carbons (Fsp3) is 0.600. The predicted octanol–water partition coefficient (Wildman–Crippen LogP) is 3.78. The van der Waals surface area contributed by atoms with E-state index >= 15 is 0 Å². The second-order valence-electron chi connectivity index (χ2n) is 10.4. The minimum Gasteiger partial charge on any atom is -0.497 e. The smallest absolute Gasteiger partial charge is 0.228 e. The zero-order chi connectivity index (χ0) is 23.0. The van der Waals surface area contributed by atoms with Crippen LogP contribution in [0.1, 0.15) is 63.2 Å². The van der Waals surface area contributed by atoms with E-state index in [1.54, 1.807) is 7.11 Å². The van der Waals surface area contributed by atoms with Crippen LogP contribution in [0.25, 0.3) is 0 Å². The number of hydrogen-bond donors (Lipinski definition) is 1. The summed E-state index contributed by atoms with van der Waals surface area (Å²) in [4.78, 5) is 14.8. The molecule has 0 aliphatic carbocycles. The Kier molecular flexibility index (Phi) is 6.51. The first-order valence-electron chi connectivity index (χ1n) is 11.1. The molecular weight excluding hydrogens is 388 g/mol. The first kappa shape index (κ1) is 23.3. The van der Waals surface area contributed by atoms with Crippen LogP contribution in [-0.2, 0) is 23.7 Å². The minimum absolute atomic E-state index is 0.0593. The molecule has 0 radical (unpaired) electrons. The van der Waals surface area contributed by atoms with E-state index in [0.717, 1.165) is 36.6 Å². The molecule has 0 bridgehead atoms. The molecule has 1 unspecified atom stereocenters. The van der Waals surface area contributed by atoms with Crippen LogP contribution >= 0.6 is 0 Å². The fourth-order valence-corrected chi connectivity index (χ4v) is 4.63. The summed E-state index contributed by atoms with van der Waals surface area (Å²) in [6.07, 6.45) is 0.839. The van der Waals surface area contributed by atoms with Crippen LogP contribution in [0.2, 0.25) is 0 Å². The van der Waals surface area contributed by atoms with Crippen molar-refractivity contribution in [3.8, 4) is 5.75 Å². The summed E-state index contributed by atoms with van der Waals surface area (Å²) < 4.78 is 7.33. The van der Waals surface area contributed by atoms with Crippen molar-refractivity contribution < 1.29 is 9.53 Å². The van der Waals surface area contributed by atoms with Gasteiger partial charge in [0, 0.05) is 38.5 Å². The van der Waals surface area contributed by atoms with Crippen LogP contribution in [0.5, 0.6) is 5.75 Å². The molecule has 170 valence electrons. The second kappa shape index (κ2) is 8.65. The first-order valence-corrected chi connectivity index (χ1v) is 11.1. The summed E-state index contributed by atoms with van der Waals surface area (Å²) in [5.74, 6) is 1.09. The SMILES string of the molecule is COc1ccc(C(C)(C)Cc2cc(C3CN(C(=O)C(C)(C)C)CCN3)n(C)n2)c(C)c1. The van der Waals surface area contributed by atoms with E-state index in [1.165, 1.54) is 11.1 Å². The van der Waals surface area contributed by atoms with Crippen molar-refractivity contribution in [2.75, 3.05) is 26.7 Å².